The molecule has 0 aliphatic carbocycles. The average Bonchev–Trinajstić information content (AvgIpc) is 2.47. The third-order valence-corrected chi connectivity index (χ3v) is 4.66. The van der Waals surface area contributed by atoms with Crippen LogP contribution in [0.5, 0.6) is 11.5 Å². The smallest absolute Gasteiger partial charge is 0.127 e. The Labute approximate surface area is 120 Å². The molecule has 4 heteroatoms. The maximum Gasteiger partial charge on any atom is 0.127 e. The molecule has 0 amide bonds. The minimum atomic E-state index is 0.300. The molecule has 1 saturated heterocycles. The highest BCUT2D eigenvalue weighted by atomic mass is 32.2. The normalized spacial score (nSPS) is 18.1. The second-order valence-corrected chi connectivity index (χ2v) is 6.11. The summed E-state index contributed by atoms with van der Waals surface area (Å²) in [7, 11) is 3.39. The minimum Gasteiger partial charge on any atom is -0.497 e. The molecule has 0 radical (unpaired) electrons. The van der Waals surface area contributed by atoms with Crippen molar-refractivity contribution in [2.24, 2.45) is 0 Å². The zero-order valence-corrected chi connectivity index (χ0v) is 12.8. The molecular formula is C15H23NO2S. The van der Waals surface area contributed by atoms with Gasteiger partial charge in [-0.25, -0.2) is 0 Å². The van der Waals surface area contributed by atoms with Crippen LogP contribution in [0.15, 0.2) is 18.2 Å². The fourth-order valence-corrected chi connectivity index (χ4v) is 3.59. The van der Waals surface area contributed by atoms with Crippen molar-refractivity contribution < 1.29 is 9.47 Å². The Morgan fingerprint density at radius 2 is 1.95 bits per heavy atom. The van der Waals surface area contributed by atoms with E-state index in [1.807, 2.05) is 12.1 Å². The molecule has 106 valence electrons. The van der Waals surface area contributed by atoms with Crippen LogP contribution in [0.25, 0.3) is 0 Å². The molecule has 1 N–H and O–H groups in total. The van der Waals surface area contributed by atoms with Crippen molar-refractivity contribution in [1.29, 1.82) is 0 Å². The van der Waals surface area contributed by atoms with Gasteiger partial charge in [-0.15, -0.1) is 0 Å². The predicted octanol–water partition coefficient (Wildman–Crippen LogP) is 3.25. The van der Waals surface area contributed by atoms with E-state index in [2.05, 4.69) is 30.1 Å². The fraction of sp³-hybridized carbons (Fsp3) is 0.600. The molecule has 1 aromatic carbocycles. The van der Waals surface area contributed by atoms with E-state index < -0.39 is 0 Å². The number of benzene rings is 1. The monoisotopic (exact) mass is 281 g/mol. The molecule has 1 aliphatic rings. The molecule has 0 saturated carbocycles. The molecule has 2 rings (SSSR count). The van der Waals surface area contributed by atoms with Crippen molar-refractivity contribution >= 4 is 11.8 Å². The van der Waals surface area contributed by atoms with Gasteiger partial charge in [-0.2, -0.15) is 11.8 Å². The number of hydrogen-bond donors (Lipinski definition) is 1. The van der Waals surface area contributed by atoms with Gasteiger partial charge in [-0.1, -0.05) is 6.07 Å². The van der Waals surface area contributed by atoms with E-state index in [0.717, 1.165) is 11.5 Å². The molecule has 3 nitrogen and oxygen atoms in total. The van der Waals surface area contributed by atoms with Crippen LogP contribution in [-0.4, -0.2) is 31.8 Å². The average molecular weight is 281 g/mol. The van der Waals surface area contributed by atoms with E-state index in [0.29, 0.717) is 12.1 Å². The third kappa shape index (κ3) is 3.80. The topological polar surface area (TPSA) is 30.5 Å². The number of methoxy groups -OCH3 is 2. The summed E-state index contributed by atoms with van der Waals surface area (Å²) < 4.78 is 10.7. The molecule has 1 heterocycles. The first-order valence-electron chi connectivity index (χ1n) is 6.80. The molecule has 0 aromatic heterocycles. The minimum absolute atomic E-state index is 0.300. The fourth-order valence-electron chi connectivity index (χ4n) is 2.48. The number of ether oxygens (including phenoxy) is 2. The Bertz CT molecular complexity index is 405. The van der Waals surface area contributed by atoms with E-state index in [1.165, 1.54) is 29.9 Å². The van der Waals surface area contributed by atoms with Crippen molar-refractivity contribution in [3.8, 4) is 11.5 Å². The Hall–Kier alpha value is -0.870. The van der Waals surface area contributed by atoms with Crippen LogP contribution in [0.2, 0.25) is 0 Å². The first kappa shape index (κ1) is 14.5. The van der Waals surface area contributed by atoms with Gasteiger partial charge in [-0.3, -0.25) is 0 Å². The number of rotatable bonds is 5. The summed E-state index contributed by atoms with van der Waals surface area (Å²) in [5.74, 6) is 4.26. The van der Waals surface area contributed by atoms with Crippen LogP contribution >= 0.6 is 11.8 Å². The number of hydrogen-bond acceptors (Lipinski definition) is 4. The number of nitrogens with one attached hydrogen (secondary N) is 1. The predicted molar refractivity (Wildman–Crippen MR) is 81.4 cm³/mol. The highest BCUT2D eigenvalue weighted by Crippen LogP contribution is 2.30. The lowest BCUT2D eigenvalue weighted by Crippen LogP contribution is -2.34. The van der Waals surface area contributed by atoms with E-state index in [4.69, 9.17) is 9.47 Å². The molecule has 1 atom stereocenters. The van der Waals surface area contributed by atoms with Crippen LogP contribution in [0.3, 0.4) is 0 Å². The standard InChI is InChI=1S/C15H23NO2S/c1-11(16-12-6-8-19-9-7-12)14-5-4-13(17-2)10-15(14)18-3/h4-5,10-12,16H,6-9H2,1-3H3. The SMILES string of the molecule is COc1ccc(C(C)NC2CCSCC2)c(OC)c1. The van der Waals surface area contributed by atoms with Crippen LogP contribution < -0.4 is 14.8 Å². The molecule has 1 unspecified atom stereocenters. The van der Waals surface area contributed by atoms with Crippen molar-refractivity contribution in [2.75, 3.05) is 25.7 Å². The molecule has 0 spiro atoms. The summed E-state index contributed by atoms with van der Waals surface area (Å²) in [6.07, 6.45) is 2.51. The van der Waals surface area contributed by atoms with Crippen LogP contribution in [-0.2, 0) is 0 Å². The van der Waals surface area contributed by atoms with Gasteiger partial charge in [0.25, 0.3) is 0 Å². The van der Waals surface area contributed by atoms with Gasteiger partial charge in [-0.05, 0) is 37.3 Å². The van der Waals surface area contributed by atoms with Crippen LogP contribution in [0, 0.1) is 0 Å². The molecule has 0 bridgehead atoms. The van der Waals surface area contributed by atoms with Gasteiger partial charge in [0, 0.05) is 23.7 Å². The molecule has 19 heavy (non-hydrogen) atoms. The Morgan fingerprint density at radius 3 is 2.58 bits per heavy atom. The van der Waals surface area contributed by atoms with E-state index in [9.17, 15) is 0 Å². The van der Waals surface area contributed by atoms with Gasteiger partial charge in [0.2, 0.25) is 0 Å². The summed E-state index contributed by atoms with van der Waals surface area (Å²) >= 11 is 2.05. The molecule has 1 aromatic rings. The largest absolute Gasteiger partial charge is 0.497 e. The summed E-state index contributed by atoms with van der Waals surface area (Å²) in [6.45, 7) is 2.20. The second kappa shape index (κ2) is 7.06. The lowest BCUT2D eigenvalue weighted by Gasteiger charge is -2.27. The Balaban J connectivity index is 2.06. The zero-order chi connectivity index (χ0) is 13.7. The van der Waals surface area contributed by atoms with Crippen molar-refractivity contribution in [3.63, 3.8) is 0 Å². The Morgan fingerprint density at radius 1 is 1.21 bits per heavy atom. The first-order valence-corrected chi connectivity index (χ1v) is 7.95. The van der Waals surface area contributed by atoms with Crippen molar-refractivity contribution in [2.45, 2.75) is 31.8 Å². The van der Waals surface area contributed by atoms with Crippen molar-refractivity contribution in [3.05, 3.63) is 23.8 Å². The van der Waals surface area contributed by atoms with Gasteiger partial charge in [0.15, 0.2) is 0 Å². The molecule has 1 fully saturated rings. The lowest BCUT2D eigenvalue weighted by molar-refractivity contribution is 0.377. The summed E-state index contributed by atoms with van der Waals surface area (Å²) in [5.41, 5.74) is 1.20. The highest BCUT2D eigenvalue weighted by Gasteiger charge is 2.18. The highest BCUT2D eigenvalue weighted by molar-refractivity contribution is 7.99. The van der Waals surface area contributed by atoms with Gasteiger partial charge >= 0.3 is 0 Å². The van der Waals surface area contributed by atoms with Crippen LogP contribution in [0.1, 0.15) is 31.4 Å². The summed E-state index contributed by atoms with van der Waals surface area (Å²) in [5, 5.41) is 3.71. The van der Waals surface area contributed by atoms with Gasteiger partial charge < -0.3 is 14.8 Å². The van der Waals surface area contributed by atoms with E-state index in [1.54, 1.807) is 14.2 Å². The van der Waals surface area contributed by atoms with E-state index >= 15 is 0 Å². The summed E-state index contributed by atoms with van der Waals surface area (Å²) in [4.78, 5) is 0. The zero-order valence-electron chi connectivity index (χ0n) is 11.9. The maximum atomic E-state index is 5.47. The maximum absolute atomic E-state index is 5.47. The Kier molecular flexibility index (Phi) is 5.40. The second-order valence-electron chi connectivity index (χ2n) is 4.88. The lowest BCUT2D eigenvalue weighted by atomic mass is 10.0. The molecular weight excluding hydrogens is 258 g/mol. The molecule has 1 aliphatic heterocycles. The van der Waals surface area contributed by atoms with Gasteiger partial charge in [0.05, 0.1) is 14.2 Å². The quantitative estimate of drug-likeness (QED) is 0.897. The van der Waals surface area contributed by atoms with E-state index in [-0.39, 0.29) is 0 Å². The summed E-state index contributed by atoms with van der Waals surface area (Å²) in [6, 6.07) is 6.96. The third-order valence-electron chi connectivity index (χ3n) is 3.61. The van der Waals surface area contributed by atoms with Crippen LogP contribution in [0.4, 0.5) is 0 Å². The first-order chi connectivity index (χ1) is 9.24. The number of thioether (sulfide) groups is 1. The van der Waals surface area contributed by atoms with Gasteiger partial charge in [0.1, 0.15) is 11.5 Å². The van der Waals surface area contributed by atoms with Crippen molar-refractivity contribution in [1.82, 2.24) is 5.32 Å².